The molecule has 4 heteroatoms. The zero-order valence-corrected chi connectivity index (χ0v) is 11.6. The lowest BCUT2D eigenvalue weighted by atomic mass is 10.2. The molecule has 0 atom stereocenters. The number of ether oxygens (including phenoxy) is 1. The summed E-state index contributed by atoms with van der Waals surface area (Å²) in [7, 11) is 0. The molecule has 4 nitrogen and oxygen atoms in total. The molecule has 4 aromatic rings. The van der Waals surface area contributed by atoms with Gasteiger partial charge in [0.15, 0.2) is 11.5 Å². The molecule has 5 rings (SSSR count). The summed E-state index contributed by atoms with van der Waals surface area (Å²) in [5.74, 6) is 1.60. The lowest BCUT2D eigenvalue weighted by Crippen LogP contribution is -2.03. The number of rotatable bonds is 0. The maximum atomic E-state index is 5.97. The highest BCUT2D eigenvalue weighted by molar-refractivity contribution is 5.91. The number of aromatic nitrogens is 2. The fourth-order valence-electron chi connectivity index (χ4n) is 2.75. The van der Waals surface area contributed by atoms with Crippen molar-refractivity contribution in [2.45, 2.75) is 0 Å². The van der Waals surface area contributed by atoms with Crippen molar-refractivity contribution in [3.05, 3.63) is 60.7 Å². The predicted octanol–water partition coefficient (Wildman–Crippen LogP) is 4.63. The zero-order valence-electron chi connectivity index (χ0n) is 11.6. The van der Waals surface area contributed by atoms with E-state index in [9.17, 15) is 0 Å². The van der Waals surface area contributed by atoms with Crippen molar-refractivity contribution in [2.75, 3.05) is 5.32 Å². The molecule has 0 fully saturated rings. The summed E-state index contributed by atoms with van der Waals surface area (Å²) in [6.07, 6.45) is 0. The first-order valence-electron chi connectivity index (χ1n) is 7.11. The Hall–Kier alpha value is -3.14. The Kier molecular flexibility index (Phi) is 2.19. The van der Waals surface area contributed by atoms with Gasteiger partial charge in [0.1, 0.15) is 0 Å². The van der Waals surface area contributed by atoms with Gasteiger partial charge in [0.05, 0.1) is 33.4 Å². The average molecular weight is 285 g/mol. The van der Waals surface area contributed by atoms with Gasteiger partial charge in [0.2, 0.25) is 0 Å². The minimum atomic E-state index is 0.774. The van der Waals surface area contributed by atoms with Gasteiger partial charge in [0, 0.05) is 6.07 Å². The minimum Gasteiger partial charge on any atom is -0.453 e. The standard InChI is InChI=1S/C18H11N3O/c1-2-6-12-11(5-1)19-14-9-16-18(10-15(14)20-12)22-17-8-4-3-7-13(17)21-16/h1-10,21H. The molecule has 0 spiro atoms. The van der Waals surface area contributed by atoms with Crippen molar-refractivity contribution in [3.8, 4) is 11.5 Å². The van der Waals surface area contributed by atoms with Gasteiger partial charge in [-0.25, -0.2) is 9.97 Å². The summed E-state index contributed by atoms with van der Waals surface area (Å²) < 4.78 is 5.97. The summed E-state index contributed by atoms with van der Waals surface area (Å²) in [5.41, 5.74) is 5.34. The highest BCUT2D eigenvalue weighted by Crippen LogP contribution is 2.42. The second-order valence-corrected chi connectivity index (χ2v) is 5.27. The Bertz CT molecular complexity index is 960. The van der Waals surface area contributed by atoms with Gasteiger partial charge in [-0.1, -0.05) is 24.3 Å². The van der Waals surface area contributed by atoms with Crippen LogP contribution in [0.4, 0.5) is 11.4 Å². The number of anilines is 2. The van der Waals surface area contributed by atoms with Crippen molar-refractivity contribution in [1.82, 2.24) is 9.97 Å². The summed E-state index contributed by atoms with van der Waals surface area (Å²) in [4.78, 5) is 9.36. The molecule has 0 saturated carbocycles. The van der Waals surface area contributed by atoms with Crippen LogP contribution in [-0.4, -0.2) is 9.97 Å². The smallest absolute Gasteiger partial charge is 0.153 e. The number of hydrogen-bond donors (Lipinski definition) is 1. The summed E-state index contributed by atoms with van der Waals surface area (Å²) in [5, 5.41) is 3.39. The molecule has 0 unspecified atom stereocenters. The van der Waals surface area contributed by atoms with Crippen LogP contribution >= 0.6 is 0 Å². The Morgan fingerprint density at radius 3 is 2.14 bits per heavy atom. The normalized spacial score (nSPS) is 12.4. The van der Waals surface area contributed by atoms with Crippen LogP contribution in [0.1, 0.15) is 0 Å². The van der Waals surface area contributed by atoms with Gasteiger partial charge < -0.3 is 10.1 Å². The molecule has 0 saturated heterocycles. The van der Waals surface area contributed by atoms with E-state index in [0.29, 0.717) is 0 Å². The number of benzene rings is 3. The molecule has 3 aromatic carbocycles. The molecule has 0 aliphatic carbocycles. The van der Waals surface area contributed by atoms with E-state index in [1.807, 2.05) is 60.7 Å². The highest BCUT2D eigenvalue weighted by atomic mass is 16.5. The van der Waals surface area contributed by atoms with Gasteiger partial charge in [0.25, 0.3) is 0 Å². The number of nitrogens with one attached hydrogen (secondary N) is 1. The first kappa shape index (κ1) is 11.5. The van der Waals surface area contributed by atoms with Gasteiger partial charge >= 0.3 is 0 Å². The number of fused-ring (bicyclic) bond motifs is 4. The largest absolute Gasteiger partial charge is 0.453 e. The first-order valence-corrected chi connectivity index (χ1v) is 7.11. The topological polar surface area (TPSA) is 47.0 Å². The number of para-hydroxylation sites is 4. The van der Waals surface area contributed by atoms with Gasteiger partial charge in [-0.05, 0) is 30.3 Å². The molecular weight excluding hydrogens is 274 g/mol. The summed E-state index contributed by atoms with van der Waals surface area (Å²) >= 11 is 0. The molecule has 0 radical (unpaired) electrons. The SMILES string of the molecule is c1ccc2c(c1)Nc1cc3nc4ccccc4nc3cc1O2. The second kappa shape index (κ2) is 4.18. The van der Waals surface area contributed by atoms with E-state index in [1.54, 1.807) is 0 Å². The molecule has 22 heavy (non-hydrogen) atoms. The van der Waals surface area contributed by atoms with Crippen LogP contribution in [0.5, 0.6) is 11.5 Å². The third-order valence-corrected chi connectivity index (χ3v) is 3.82. The first-order chi connectivity index (χ1) is 10.9. The van der Waals surface area contributed by atoms with E-state index < -0.39 is 0 Å². The molecule has 0 bridgehead atoms. The summed E-state index contributed by atoms with van der Waals surface area (Å²) in [6, 6.07) is 19.7. The monoisotopic (exact) mass is 285 g/mol. The van der Waals surface area contributed by atoms with Crippen molar-refractivity contribution >= 4 is 33.4 Å². The number of hydrogen-bond acceptors (Lipinski definition) is 4. The molecule has 0 amide bonds. The third kappa shape index (κ3) is 1.64. The quantitative estimate of drug-likeness (QED) is 0.421. The number of nitrogens with zero attached hydrogens (tertiary/aromatic N) is 2. The van der Waals surface area contributed by atoms with Gasteiger partial charge in [-0.2, -0.15) is 0 Å². The Labute approximate surface area is 126 Å². The van der Waals surface area contributed by atoms with E-state index in [4.69, 9.17) is 4.74 Å². The van der Waals surface area contributed by atoms with Crippen LogP contribution in [0.2, 0.25) is 0 Å². The molecule has 1 aliphatic rings. The molecule has 2 heterocycles. The Morgan fingerprint density at radius 2 is 1.32 bits per heavy atom. The van der Waals surface area contributed by atoms with Crippen LogP contribution in [-0.2, 0) is 0 Å². The fraction of sp³-hybridized carbons (Fsp3) is 0. The maximum Gasteiger partial charge on any atom is 0.153 e. The second-order valence-electron chi connectivity index (χ2n) is 5.27. The van der Waals surface area contributed by atoms with Crippen LogP contribution in [0.25, 0.3) is 22.1 Å². The molecule has 104 valence electrons. The van der Waals surface area contributed by atoms with E-state index >= 15 is 0 Å². The minimum absolute atomic E-state index is 0.774. The van der Waals surface area contributed by atoms with Gasteiger partial charge in [-0.3, -0.25) is 0 Å². The van der Waals surface area contributed by atoms with Gasteiger partial charge in [-0.15, -0.1) is 0 Å². The molecular formula is C18H11N3O. The average Bonchev–Trinajstić information content (AvgIpc) is 2.56. The molecule has 1 aliphatic heterocycles. The Balaban J connectivity index is 1.75. The van der Waals surface area contributed by atoms with E-state index in [2.05, 4.69) is 15.3 Å². The van der Waals surface area contributed by atoms with Crippen LogP contribution < -0.4 is 10.1 Å². The molecule has 1 N–H and O–H groups in total. The van der Waals surface area contributed by atoms with Crippen molar-refractivity contribution < 1.29 is 4.74 Å². The maximum absolute atomic E-state index is 5.97. The van der Waals surface area contributed by atoms with Crippen molar-refractivity contribution in [3.63, 3.8) is 0 Å². The fourth-order valence-corrected chi connectivity index (χ4v) is 2.75. The van der Waals surface area contributed by atoms with Crippen LogP contribution in [0, 0.1) is 0 Å². The predicted molar refractivity (Wildman–Crippen MR) is 86.8 cm³/mol. The van der Waals surface area contributed by atoms with Crippen LogP contribution in [0.15, 0.2) is 60.7 Å². The van der Waals surface area contributed by atoms with E-state index in [0.717, 1.165) is 44.9 Å². The van der Waals surface area contributed by atoms with E-state index in [-0.39, 0.29) is 0 Å². The molecule has 1 aromatic heterocycles. The van der Waals surface area contributed by atoms with E-state index in [1.165, 1.54) is 0 Å². The highest BCUT2D eigenvalue weighted by Gasteiger charge is 2.17. The lowest BCUT2D eigenvalue weighted by molar-refractivity contribution is 0.482. The van der Waals surface area contributed by atoms with Crippen molar-refractivity contribution in [2.24, 2.45) is 0 Å². The summed E-state index contributed by atoms with van der Waals surface area (Å²) in [6.45, 7) is 0. The zero-order chi connectivity index (χ0) is 14.5. The van der Waals surface area contributed by atoms with Crippen LogP contribution in [0.3, 0.4) is 0 Å². The third-order valence-electron chi connectivity index (χ3n) is 3.82. The van der Waals surface area contributed by atoms with Crippen molar-refractivity contribution in [1.29, 1.82) is 0 Å². The lowest BCUT2D eigenvalue weighted by Gasteiger charge is -2.21. The Morgan fingerprint density at radius 1 is 0.636 bits per heavy atom.